The first-order valence-electron chi connectivity index (χ1n) is 12.5. The number of primary amides is 1. The Kier molecular flexibility index (Phi) is 4.77. The van der Waals surface area contributed by atoms with E-state index < -0.39 is 45.8 Å². The molecule has 4 aliphatic rings. The highest BCUT2D eigenvalue weighted by atomic mass is 16.3. The van der Waals surface area contributed by atoms with E-state index in [9.17, 15) is 24.6 Å². The van der Waals surface area contributed by atoms with Crippen molar-refractivity contribution in [3.63, 3.8) is 0 Å². The van der Waals surface area contributed by atoms with E-state index in [1.165, 1.54) is 6.39 Å². The number of anilines is 1. The van der Waals surface area contributed by atoms with Crippen LogP contribution < -0.4 is 10.6 Å². The van der Waals surface area contributed by atoms with Crippen LogP contribution in [0.2, 0.25) is 0 Å². The molecule has 0 radical (unpaired) electrons. The van der Waals surface area contributed by atoms with E-state index in [0.29, 0.717) is 42.5 Å². The average molecular weight is 507 g/mol. The second kappa shape index (κ2) is 7.44. The number of likely N-dealkylation sites (tertiary alicyclic amines) is 1. The fraction of sp³-hybridized carbons (Fsp3) is 0.481. The Bertz CT molecular complexity index is 1490. The lowest BCUT2D eigenvalue weighted by Crippen LogP contribution is -2.63. The Labute approximate surface area is 213 Å². The predicted octanol–water partition coefficient (Wildman–Crippen LogP) is 2.28. The van der Waals surface area contributed by atoms with Gasteiger partial charge in [-0.3, -0.25) is 19.3 Å². The van der Waals surface area contributed by atoms with Gasteiger partial charge in [-0.15, -0.1) is 0 Å². The van der Waals surface area contributed by atoms with Crippen molar-refractivity contribution >= 4 is 40.0 Å². The van der Waals surface area contributed by atoms with Crippen LogP contribution >= 0.6 is 0 Å². The van der Waals surface area contributed by atoms with Crippen molar-refractivity contribution in [3.8, 4) is 0 Å². The summed E-state index contributed by atoms with van der Waals surface area (Å²) in [6.07, 6.45) is 3.30. The van der Waals surface area contributed by atoms with Gasteiger partial charge < -0.3 is 25.3 Å². The topological polar surface area (TPSA) is 150 Å². The number of oxazole rings is 1. The monoisotopic (exact) mass is 506 g/mol. The molecule has 4 N–H and O–H groups in total. The summed E-state index contributed by atoms with van der Waals surface area (Å²) in [5.74, 6) is -4.71. The standard InChI is InChI=1S/C27H30N4O6/c1-26-9-12-15(30(2)3)8-14-23(37-11-29-14)16(12)21(33)19(26)22(34)17-13(10-26)27(6-5-7-31(27)4)24(35)18(20(17)32)25(28)36/h8,11,13,17,33,35H,5-7,9-10H2,1-4H3,(H2,28,36)/t13?,17?,26-,27?/m0/s1. The number of carbonyl (C=O) groups is 3. The van der Waals surface area contributed by atoms with Gasteiger partial charge in [-0.05, 0) is 50.9 Å². The highest BCUT2D eigenvalue weighted by Gasteiger charge is 2.65. The van der Waals surface area contributed by atoms with E-state index in [1.54, 1.807) is 0 Å². The molecule has 2 heterocycles. The summed E-state index contributed by atoms with van der Waals surface area (Å²) < 4.78 is 5.64. The zero-order valence-corrected chi connectivity index (χ0v) is 21.3. The number of benzene rings is 1. The minimum absolute atomic E-state index is 0.157. The predicted molar refractivity (Wildman–Crippen MR) is 135 cm³/mol. The second-order valence-electron chi connectivity index (χ2n) is 11.4. The smallest absolute Gasteiger partial charge is 0.255 e. The minimum atomic E-state index is -1.23. The van der Waals surface area contributed by atoms with Gasteiger partial charge in [0.2, 0.25) is 0 Å². The first-order valence-corrected chi connectivity index (χ1v) is 12.5. The zero-order chi connectivity index (χ0) is 26.6. The molecular formula is C27H30N4O6. The molecule has 1 saturated heterocycles. The summed E-state index contributed by atoms with van der Waals surface area (Å²) in [5.41, 5.74) is 6.34. The van der Waals surface area contributed by atoms with Crippen molar-refractivity contribution in [3.05, 3.63) is 40.5 Å². The van der Waals surface area contributed by atoms with Crippen LogP contribution in [0.3, 0.4) is 0 Å². The number of aromatic nitrogens is 1. The molecule has 4 atom stereocenters. The highest BCUT2D eigenvalue weighted by Crippen LogP contribution is 2.60. The van der Waals surface area contributed by atoms with E-state index in [-0.39, 0.29) is 17.1 Å². The molecule has 10 nitrogen and oxygen atoms in total. The van der Waals surface area contributed by atoms with Crippen molar-refractivity contribution < 1.29 is 29.0 Å². The summed E-state index contributed by atoms with van der Waals surface area (Å²) in [7, 11) is 5.64. The molecule has 1 aliphatic heterocycles. The van der Waals surface area contributed by atoms with Crippen molar-refractivity contribution in [2.45, 2.75) is 38.1 Å². The second-order valence-corrected chi connectivity index (χ2v) is 11.4. The van der Waals surface area contributed by atoms with E-state index in [1.807, 2.05) is 43.9 Å². The van der Waals surface area contributed by atoms with Gasteiger partial charge in [-0.2, -0.15) is 0 Å². The Morgan fingerprint density at radius 3 is 2.62 bits per heavy atom. The molecule has 1 aromatic carbocycles. The maximum atomic E-state index is 14.3. The number of allylic oxidation sites excluding steroid dienone is 1. The van der Waals surface area contributed by atoms with Crippen LogP contribution in [-0.2, 0) is 20.8 Å². The lowest BCUT2D eigenvalue weighted by atomic mass is 9.50. The number of fused-ring (bicyclic) bond motifs is 6. The number of Topliss-reactive ketones (excluding diaryl/α,β-unsaturated/α-hetero) is 2. The summed E-state index contributed by atoms with van der Waals surface area (Å²) in [6.45, 7) is 2.57. The lowest BCUT2D eigenvalue weighted by molar-refractivity contribution is -0.141. The van der Waals surface area contributed by atoms with Gasteiger partial charge in [0.25, 0.3) is 5.91 Å². The fourth-order valence-electron chi connectivity index (χ4n) is 7.67. The van der Waals surface area contributed by atoms with E-state index in [2.05, 4.69) is 4.98 Å². The lowest BCUT2D eigenvalue weighted by Gasteiger charge is -2.55. The van der Waals surface area contributed by atoms with Crippen molar-refractivity contribution in [1.82, 2.24) is 9.88 Å². The molecule has 194 valence electrons. The fourth-order valence-corrected chi connectivity index (χ4v) is 7.67. The van der Waals surface area contributed by atoms with Gasteiger partial charge in [0.05, 0.1) is 17.0 Å². The molecule has 6 rings (SSSR count). The number of nitrogens with two attached hydrogens (primary N) is 1. The molecule has 1 spiro atoms. The normalized spacial score (nSPS) is 31.7. The Morgan fingerprint density at radius 2 is 2.00 bits per heavy atom. The number of carbonyl (C=O) groups excluding carboxylic acids is 3. The Hall–Kier alpha value is -3.66. The van der Waals surface area contributed by atoms with Crippen LogP contribution in [0, 0.1) is 17.3 Å². The van der Waals surface area contributed by atoms with Gasteiger partial charge in [0.15, 0.2) is 23.5 Å². The first-order chi connectivity index (χ1) is 17.4. The molecule has 2 aromatic rings. The molecule has 1 aromatic heterocycles. The number of amides is 1. The van der Waals surface area contributed by atoms with Crippen LogP contribution in [0.5, 0.6) is 0 Å². The maximum absolute atomic E-state index is 14.3. The Balaban J connectivity index is 1.62. The largest absolute Gasteiger partial charge is 0.509 e. The van der Waals surface area contributed by atoms with Gasteiger partial charge in [-0.1, -0.05) is 6.92 Å². The van der Waals surface area contributed by atoms with Crippen molar-refractivity contribution in [1.29, 1.82) is 0 Å². The molecule has 1 amide bonds. The van der Waals surface area contributed by atoms with Gasteiger partial charge in [0, 0.05) is 36.7 Å². The number of nitrogens with zero attached hydrogens (tertiary/aromatic N) is 3. The highest BCUT2D eigenvalue weighted by molar-refractivity contribution is 6.29. The molecule has 3 unspecified atom stereocenters. The molecule has 10 heteroatoms. The van der Waals surface area contributed by atoms with Crippen LogP contribution in [-0.4, -0.2) is 70.8 Å². The molecule has 1 saturated carbocycles. The van der Waals surface area contributed by atoms with Crippen molar-refractivity contribution in [2.75, 3.05) is 32.6 Å². The third kappa shape index (κ3) is 2.79. The summed E-state index contributed by atoms with van der Waals surface area (Å²) in [4.78, 5) is 48.4. The number of aliphatic hydroxyl groups excluding tert-OH is 2. The van der Waals surface area contributed by atoms with Crippen molar-refractivity contribution in [2.24, 2.45) is 23.0 Å². The van der Waals surface area contributed by atoms with Gasteiger partial charge in [-0.25, -0.2) is 4.98 Å². The average Bonchev–Trinajstić information content (AvgIpc) is 3.43. The molecule has 3 aliphatic carbocycles. The molecule has 37 heavy (non-hydrogen) atoms. The van der Waals surface area contributed by atoms with Crippen LogP contribution in [0.25, 0.3) is 16.9 Å². The number of aliphatic hydroxyl groups is 2. The summed E-state index contributed by atoms with van der Waals surface area (Å²) in [6, 6.07) is 1.90. The number of hydrogen-bond acceptors (Lipinski definition) is 9. The third-order valence-corrected chi connectivity index (χ3v) is 9.20. The number of rotatable bonds is 2. The number of ketones is 2. The van der Waals surface area contributed by atoms with E-state index >= 15 is 0 Å². The first kappa shape index (κ1) is 23.7. The van der Waals surface area contributed by atoms with Crippen LogP contribution in [0.4, 0.5) is 5.69 Å². The third-order valence-electron chi connectivity index (χ3n) is 9.20. The SMILES string of the molecule is CN(C)c1cc2ncoc2c2c1C[C@@]1(C)CC3C(C(=O)C(C(N)=O)=C(O)C34CCCN4C)C(=O)C1=C2O. The number of hydrogen-bond donors (Lipinski definition) is 3. The van der Waals surface area contributed by atoms with Crippen LogP contribution in [0.1, 0.15) is 37.3 Å². The molecule has 0 bridgehead atoms. The number of likely N-dealkylation sites (N-methyl/N-ethyl adjacent to an activating group) is 1. The van der Waals surface area contributed by atoms with Gasteiger partial charge in [0.1, 0.15) is 22.6 Å². The Morgan fingerprint density at radius 1 is 1.27 bits per heavy atom. The summed E-state index contributed by atoms with van der Waals surface area (Å²) >= 11 is 0. The van der Waals surface area contributed by atoms with E-state index in [0.717, 1.165) is 17.7 Å². The quantitative estimate of drug-likeness (QED) is 0.412. The zero-order valence-electron chi connectivity index (χ0n) is 21.3. The molecular weight excluding hydrogens is 476 g/mol. The van der Waals surface area contributed by atoms with Crippen LogP contribution in [0.15, 0.2) is 33.8 Å². The minimum Gasteiger partial charge on any atom is -0.509 e. The van der Waals surface area contributed by atoms with Gasteiger partial charge >= 0.3 is 0 Å². The summed E-state index contributed by atoms with van der Waals surface area (Å²) in [5, 5.41) is 23.1. The van der Waals surface area contributed by atoms with E-state index in [4.69, 9.17) is 10.2 Å². The molecule has 2 fully saturated rings. The maximum Gasteiger partial charge on any atom is 0.255 e.